The Hall–Kier alpha value is -4.60. The predicted molar refractivity (Wildman–Crippen MR) is 140 cm³/mol. The Balaban J connectivity index is 1.30. The van der Waals surface area contributed by atoms with E-state index in [0.717, 1.165) is 40.5 Å². The van der Waals surface area contributed by atoms with Gasteiger partial charge in [0.25, 0.3) is 0 Å². The summed E-state index contributed by atoms with van der Waals surface area (Å²) >= 11 is 0. The number of imidazole rings is 1. The van der Waals surface area contributed by atoms with Gasteiger partial charge in [0, 0.05) is 35.2 Å². The Kier molecular flexibility index (Phi) is 5.40. The molecule has 2 aromatic carbocycles. The summed E-state index contributed by atoms with van der Waals surface area (Å²) in [5.41, 5.74) is 10.8. The molecule has 1 fully saturated rings. The molecule has 1 aliphatic carbocycles. The normalized spacial score (nSPS) is 13.9. The van der Waals surface area contributed by atoms with Gasteiger partial charge < -0.3 is 30.7 Å². The van der Waals surface area contributed by atoms with E-state index < -0.39 is 0 Å². The number of benzene rings is 2. The summed E-state index contributed by atoms with van der Waals surface area (Å²) in [5, 5.41) is 6.48. The maximum Gasteiger partial charge on any atom is 0.323 e. The lowest BCUT2D eigenvalue weighted by atomic mass is 10.2. The van der Waals surface area contributed by atoms with E-state index in [1.54, 1.807) is 19.2 Å². The molecule has 5 N–H and O–H groups in total. The van der Waals surface area contributed by atoms with Gasteiger partial charge in [0.05, 0.1) is 23.5 Å². The zero-order valence-corrected chi connectivity index (χ0v) is 19.8. The molecule has 0 radical (unpaired) electrons. The second-order valence-corrected chi connectivity index (χ2v) is 8.97. The summed E-state index contributed by atoms with van der Waals surface area (Å²) in [7, 11) is 1.58. The maximum atomic E-state index is 12.5. The van der Waals surface area contributed by atoms with Gasteiger partial charge in [0.2, 0.25) is 0 Å². The van der Waals surface area contributed by atoms with Gasteiger partial charge in [-0.1, -0.05) is 18.9 Å². The maximum absolute atomic E-state index is 12.5. The number of aromatic nitrogens is 5. The molecule has 0 bridgehead atoms. The first-order chi connectivity index (χ1) is 17.6. The second kappa shape index (κ2) is 8.88. The predicted octanol–water partition coefficient (Wildman–Crippen LogP) is 5.32. The Bertz CT molecular complexity index is 1580. The Labute approximate surface area is 206 Å². The summed E-state index contributed by atoms with van der Waals surface area (Å²) in [6.45, 7) is 0. The van der Waals surface area contributed by atoms with E-state index in [1.165, 1.54) is 19.2 Å². The average Bonchev–Trinajstić information content (AvgIpc) is 3.62. The van der Waals surface area contributed by atoms with Gasteiger partial charge >= 0.3 is 6.03 Å². The monoisotopic (exact) mass is 482 g/mol. The van der Waals surface area contributed by atoms with Crippen LogP contribution < -0.4 is 21.1 Å². The van der Waals surface area contributed by atoms with Crippen molar-refractivity contribution >= 4 is 45.3 Å². The lowest BCUT2D eigenvalue weighted by molar-refractivity contribution is 0.262. The number of ether oxygens (including phenoxy) is 1. The van der Waals surface area contributed by atoms with Crippen molar-refractivity contribution in [1.29, 1.82) is 0 Å². The van der Waals surface area contributed by atoms with Crippen molar-refractivity contribution in [1.82, 2.24) is 24.5 Å². The number of nitrogens with one attached hydrogen (secondary N) is 3. The van der Waals surface area contributed by atoms with Crippen molar-refractivity contribution in [3.8, 4) is 17.1 Å². The van der Waals surface area contributed by atoms with E-state index in [-0.39, 0.29) is 6.03 Å². The lowest BCUT2D eigenvalue weighted by Gasteiger charge is -2.12. The van der Waals surface area contributed by atoms with Crippen molar-refractivity contribution in [3.63, 3.8) is 0 Å². The number of nitrogen functional groups attached to an aromatic ring is 1. The van der Waals surface area contributed by atoms with Gasteiger partial charge in [0.1, 0.15) is 29.4 Å². The minimum Gasteiger partial charge on any atom is -0.497 e. The van der Waals surface area contributed by atoms with Crippen LogP contribution in [0.3, 0.4) is 0 Å². The first kappa shape index (κ1) is 21.9. The summed E-state index contributed by atoms with van der Waals surface area (Å²) < 4.78 is 7.43. The molecule has 182 valence electrons. The summed E-state index contributed by atoms with van der Waals surface area (Å²) in [6, 6.07) is 12.8. The minimum absolute atomic E-state index is 0.355. The van der Waals surface area contributed by atoms with Gasteiger partial charge in [-0.2, -0.15) is 0 Å². The average molecular weight is 483 g/mol. The van der Waals surface area contributed by atoms with Crippen molar-refractivity contribution in [2.24, 2.45) is 0 Å². The molecule has 2 amide bonds. The molecule has 36 heavy (non-hydrogen) atoms. The van der Waals surface area contributed by atoms with Crippen LogP contribution in [-0.4, -0.2) is 37.6 Å². The fourth-order valence-corrected chi connectivity index (χ4v) is 4.96. The highest BCUT2D eigenvalue weighted by atomic mass is 16.5. The van der Waals surface area contributed by atoms with Gasteiger partial charge in [0.15, 0.2) is 0 Å². The number of fused-ring (bicyclic) bond motifs is 2. The molecular formula is C26H26N8O2. The van der Waals surface area contributed by atoms with Crippen LogP contribution in [0, 0.1) is 0 Å². The second-order valence-electron chi connectivity index (χ2n) is 8.97. The smallest absolute Gasteiger partial charge is 0.323 e. The number of H-pyrrole nitrogens is 1. The molecule has 6 rings (SSSR count). The van der Waals surface area contributed by atoms with Crippen molar-refractivity contribution in [3.05, 3.63) is 55.0 Å². The van der Waals surface area contributed by atoms with Gasteiger partial charge in [-0.3, -0.25) is 0 Å². The molecule has 3 heterocycles. The molecule has 0 aliphatic heterocycles. The Morgan fingerprint density at radius 2 is 1.92 bits per heavy atom. The number of nitrogens with two attached hydrogens (primary N) is 1. The highest BCUT2D eigenvalue weighted by Gasteiger charge is 2.24. The lowest BCUT2D eigenvalue weighted by Crippen LogP contribution is -2.19. The van der Waals surface area contributed by atoms with Crippen LogP contribution in [0.5, 0.6) is 5.75 Å². The van der Waals surface area contributed by atoms with Crippen LogP contribution in [-0.2, 0) is 0 Å². The molecule has 10 heteroatoms. The van der Waals surface area contributed by atoms with Gasteiger partial charge in [-0.15, -0.1) is 0 Å². The van der Waals surface area contributed by atoms with E-state index in [2.05, 4.69) is 36.3 Å². The third-order valence-electron chi connectivity index (χ3n) is 6.68. The third-order valence-corrected chi connectivity index (χ3v) is 6.68. The number of rotatable bonds is 5. The van der Waals surface area contributed by atoms with Crippen LogP contribution in [0.25, 0.3) is 33.5 Å². The highest BCUT2D eigenvalue weighted by Crippen LogP contribution is 2.38. The number of aromatic amines is 1. The Morgan fingerprint density at radius 1 is 1.11 bits per heavy atom. The molecule has 0 atom stereocenters. The quantitative estimate of drug-likeness (QED) is 0.267. The first-order valence-electron chi connectivity index (χ1n) is 11.9. The largest absolute Gasteiger partial charge is 0.497 e. The number of nitrogens with zero attached hydrogens (tertiary/aromatic N) is 4. The topological polar surface area (TPSA) is 136 Å². The summed E-state index contributed by atoms with van der Waals surface area (Å²) in [5.74, 6) is 1.79. The fourth-order valence-electron chi connectivity index (χ4n) is 4.96. The number of methoxy groups -OCH3 is 1. The van der Waals surface area contributed by atoms with Crippen LogP contribution in [0.2, 0.25) is 0 Å². The molecule has 1 aliphatic rings. The number of hydrogen-bond donors (Lipinski definition) is 4. The van der Waals surface area contributed by atoms with Crippen molar-refractivity contribution in [2.75, 3.05) is 23.5 Å². The Morgan fingerprint density at radius 3 is 2.72 bits per heavy atom. The molecule has 3 aromatic heterocycles. The number of urea groups is 1. The molecule has 0 saturated heterocycles. The molecule has 1 saturated carbocycles. The highest BCUT2D eigenvalue weighted by molar-refractivity contribution is 6.02. The van der Waals surface area contributed by atoms with Crippen LogP contribution in [0.1, 0.15) is 31.7 Å². The number of carbonyl (C=O) groups is 1. The van der Waals surface area contributed by atoms with E-state index in [0.29, 0.717) is 34.8 Å². The van der Waals surface area contributed by atoms with Crippen molar-refractivity contribution < 1.29 is 9.53 Å². The molecule has 5 aromatic rings. The van der Waals surface area contributed by atoms with E-state index >= 15 is 0 Å². The van der Waals surface area contributed by atoms with E-state index in [9.17, 15) is 4.79 Å². The fraction of sp³-hybridized carbons (Fsp3) is 0.231. The third kappa shape index (κ3) is 3.96. The number of hydrogen-bond acceptors (Lipinski definition) is 6. The minimum atomic E-state index is -0.355. The number of anilines is 3. The first-order valence-corrected chi connectivity index (χ1v) is 11.9. The number of amides is 2. The van der Waals surface area contributed by atoms with Crippen LogP contribution >= 0.6 is 0 Å². The molecular weight excluding hydrogens is 456 g/mol. The molecule has 0 spiro atoms. The van der Waals surface area contributed by atoms with E-state index in [4.69, 9.17) is 15.5 Å². The van der Waals surface area contributed by atoms with Crippen LogP contribution in [0.4, 0.5) is 22.0 Å². The SMILES string of the molecule is COc1cccc(NC(=O)Nc2ccc3nc(-c4cn(C5CCCC5)c5ncnc(N)c45)[nH]c3c2)c1. The van der Waals surface area contributed by atoms with E-state index in [1.807, 2.05) is 30.3 Å². The molecule has 0 unspecified atom stereocenters. The number of carbonyl (C=O) groups excluding carboxylic acids is 1. The standard InChI is InChI=1S/C26H26N8O2/c1-36-18-8-4-5-15(11-18)30-26(35)31-16-9-10-20-21(12-16)33-24(32-20)19-13-34(17-6-2-3-7-17)25-22(19)23(27)28-14-29-25/h4-5,8-14,17H,2-3,6-7H2,1H3,(H,32,33)(H2,27,28,29)(H2,30,31,35). The zero-order chi connectivity index (χ0) is 24.6. The van der Waals surface area contributed by atoms with Crippen molar-refractivity contribution in [2.45, 2.75) is 31.7 Å². The summed E-state index contributed by atoms with van der Waals surface area (Å²) in [6.07, 6.45) is 8.28. The van der Waals surface area contributed by atoms with Gasteiger partial charge in [-0.25, -0.2) is 19.7 Å². The zero-order valence-electron chi connectivity index (χ0n) is 19.8. The van der Waals surface area contributed by atoms with Gasteiger partial charge in [-0.05, 0) is 43.2 Å². The molecule has 10 nitrogen and oxygen atoms in total. The van der Waals surface area contributed by atoms with Crippen LogP contribution in [0.15, 0.2) is 55.0 Å². The summed E-state index contributed by atoms with van der Waals surface area (Å²) in [4.78, 5) is 29.5.